The molecule has 1 amide bonds. The second-order valence-corrected chi connectivity index (χ2v) is 15.6. The Labute approximate surface area is 318 Å². The third kappa shape index (κ3) is 37.0. The van der Waals surface area contributed by atoms with Gasteiger partial charge in [-0.3, -0.25) is 4.79 Å². The molecule has 5 nitrogen and oxygen atoms in total. The first-order chi connectivity index (χ1) is 25.1. The molecule has 0 aromatic heterocycles. The Balaban J connectivity index is 3.54. The number of aliphatic hydroxyl groups is 3. The van der Waals surface area contributed by atoms with Crippen LogP contribution < -0.4 is 5.32 Å². The van der Waals surface area contributed by atoms with Gasteiger partial charge in [0.05, 0.1) is 18.8 Å². The van der Waals surface area contributed by atoms with Crippen molar-refractivity contribution in [3.8, 4) is 0 Å². The molecule has 3 unspecified atom stereocenters. The molecule has 0 heterocycles. The van der Waals surface area contributed by atoms with Gasteiger partial charge in [0.2, 0.25) is 5.91 Å². The van der Waals surface area contributed by atoms with Crippen molar-refractivity contribution in [2.45, 2.75) is 257 Å². The molecule has 0 aliphatic rings. The van der Waals surface area contributed by atoms with Crippen molar-refractivity contribution in [1.29, 1.82) is 0 Å². The van der Waals surface area contributed by atoms with E-state index in [1.165, 1.54) is 173 Å². The van der Waals surface area contributed by atoms with E-state index in [0.29, 0.717) is 12.8 Å². The van der Waals surface area contributed by atoms with Crippen LogP contribution in [0.4, 0.5) is 0 Å². The predicted molar refractivity (Wildman–Crippen MR) is 222 cm³/mol. The van der Waals surface area contributed by atoms with Gasteiger partial charge in [-0.15, -0.1) is 0 Å². The van der Waals surface area contributed by atoms with Crippen molar-refractivity contribution in [2.75, 3.05) is 6.61 Å². The third-order valence-corrected chi connectivity index (χ3v) is 10.5. The standard InChI is InChI=1S/C46H89NO4/c1-3-5-7-9-11-13-15-16-17-18-19-20-21-22-23-24-25-26-27-28-29-30-31-33-35-37-39-41-45(50)47-43(42-48)46(51)44(49)40-38-36-34-32-14-12-10-8-6-4-2/h22-23,32,34,43-44,46,48-49,51H,3-21,24-31,33,35-42H2,1-2H3,(H,47,50)/b23-22-,34-32+. The van der Waals surface area contributed by atoms with Crippen LogP contribution in [0.2, 0.25) is 0 Å². The topological polar surface area (TPSA) is 89.8 Å². The summed E-state index contributed by atoms with van der Waals surface area (Å²) >= 11 is 0. The number of allylic oxidation sites excluding steroid dienone is 4. The molecule has 0 aliphatic carbocycles. The molecule has 0 saturated carbocycles. The molecule has 0 spiro atoms. The fourth-order valence-electron chi connectivity index (χ4n) is 6.98. The molecule has 0 rings (SSSR count). The van der Waals surface area contributed by atoms with Crippen molar-refractivity contribution < 1.29 is 20.1 Å². The summed E-state index contributed by atoms with van der Waals surface area (Å²) in [5, 5.41) is 33.4. The highest BCUT2D eigenvalue weighted by Gasteiger charge is 2.26. The van der Waals surface area contributed by atoms with Gasteiger partial charge in [0.1, 0.15) is 6.10 Å². The van der Waals surface area contributed by atoms with Crippen LogP contribution >= 0.6 is 0 Å². The van der Waals surface area contributed by atoms with Crippen LogP contribution in [0.1, 0.15) is 239 Å². The molecule has 0 fully saturated rings. The van der Waals surface area contributed by atoms with Gasteiger partial charge in [0.25, 0.3) is 0 Å². The Morgan fingerprint density at radius 3 is 1.14 bits per heavy atom. The summed E-state index contributed by atoms with van der Waals surface area (Å²) in [6, 6.07) is -0.823. The maximum atomic E-state index is 12.4. The summed E-state index contributed by atoms with van der Waals surface area (Å²) in [4.78, 5) is 12.4. The zero-order chi connectivity index (χ0) is 37.3. The summed E-state index contributed by atoms with van der Waals surface area (Å²) in [6.07, 6.45) is 50.3. The molecule has 0 aromatic carbocycles. The van der Waals surface area contributed by atoms with Crippen molar-refractivity contribution in [3.63, 3.8) is 0 Å². The number of aliphatic hydroxyl groups excluding tert-OH is 3. The molecule has 0 bridgehead atoms. The number of hydrogen-bond donors (Lipinski definition) is 4. The lowest BCUT2D eigenvalue weighted by atomic mass is 10.0. The van der Waals surface area contributed by atoms with E-state index in [0.717, 1.165) is 38.5 Å². The lowest BCUT2D eigenvalue weighted by Crippen LogP contribution is -2.50. The Hall–Kier alpha value is -1.17. The normalized spacial score (nSPS) is 13.7. The fourth-order valence-corrected chi connectivity index (χ4v) is 6.98. The highest BCUT2D eigenvalue weighted by atomic mass is 16.3. The molecule has 302 valence electrons. The second kappa shape index (κ2) is 41.6. The van der Waals surface area contributed by atoms with Gasteiger partial charge in [0, 0.05) is 6.42 Å². The number of unbranched alkanes of at least 4 members (excludes halogenated alkanes) is 29. The van der Waals surface area contributed by atoms with Gasteiger partial charge in [0.15, 0.2) is 0 Å². The zero-order valence-corrected chi connectivity index (χ0v) is 34.2. The van der Waals surface area contributed by atoms with Gasteiger partial charge >= 0.3 is 0 Å². The van der Waals surface area contributed by atoms with Crippen LogP contribution in [-0.4, -0.2) is 46.1 Å². The molecule has 3 atom stereocenters. The minimum atomic E-state index is -1.16. The van der Waals surface area contributed by atoms with Crippen molar-refractivity contribution in [3.05, 3.63) is 24.3 Å². The fraction of sp³-hybridized carbons (Fsp3) is 0.891. The number of nitrogens with one attached hydrogen (secondary N) is 1. The summed E-state index contributed by atoms with van der Waals surface area (Å²) in [5.41, 5.74) is 0. The number of hydrogen-bond acceptors (Lipinski definition) is 4. The van der Waals surface area contributed by atoms with Crippen molar-refractivity contribution >= 4 is 5.91 Å². The highest BCUT2D eigenvalue weighted by molar-refractivity contribution is 5.76. The summed E-state index contributed by atoms with van der Waals surface area (Å²) in [6.45, 7) is 4.14. The molecule has 51 heavy (non-hydrogen) atoms. The van der Waals surface area contributed by atoms with Crippen LogP contribution in [0.3, 0.4) is 0 Å². The van der Waals surface area contributed by atoms with E-state index in [2.05, 4.69) is 43.5 Å². The largest absolute Gasteiger partial charge is 0.394 e. The van der Waals surface area contributed by atoms with Gasteiger partial charge in [-0.2, -0.15) is 0 Å². The van der Waals surface area contributed by atoms with Crippen LogP contribution in [0.25, 0.3) is 0 Å². The van der Waals surface area contributed by atoms with E-state index in [-0.39, 0.29) is 12.5 Å². The minimum absolute atomic E-state index is 0.155. The average Bonchev–Trinajstić information content (AvgIpc) is 3.13. The predicted octanol–water partition coefficient (Wildman–Crippen LogP) is 13.0. The third-order valence-electron chi connectivity index (χ3n) is 10.5. The molecule has 0 aromatic rings. The number of amides is 1. The molecule has 0 aliphatic heterocycles. The van der Waals surface area contributed by atoms with E-state index in [4.69, 9.17) is 0 Å². The monoisotopic (exact) mass is 720 g/mol. The molecule has 0 saturated heterocycles. The Morgan fingerprint density at radius 2 is 0.784 bits per heavy atom. The lowest BCUT2D eigenvalue weighted by molar-refractivity contribution is -0.124. The summed E-state index contributed by atoms with van der Waals surface area (Å²) < 4.78 is 0. The average molecular weight is 720 g/mol. The minimum Gasteiger partial charge on any atom is -0.394 e. The van der Waals surface area contributed by atoms with E-state index < -0.39 is 18.2 Å². The zero-order valence-electron chi connectivity index (χ0n) is 34.2. The van der Waals surface area contributed by atoms with Crippen molar-refractivity contribution in [1.82, 2.24) is 5.32 Å². The lowest BCUT2D eigenvalue weighted by Gasteiger charge is -2.26. The van der Waals surface area contributed by atoms with Gasteiger partial charge in [-0.1, -0.05) is 192 Å². The van der Waals surface area contributed by atoms with E-state index in [1.807, 2.05) is 0 Å². The first-order valence-corrected chi connectivity index (χ1v) is 22.6. The van der Waals surface area contributed by atoms with Gasteiger partial charge < -0.3 is 20.6 Å². The van der Waals surface area contributed by atoms with E-state index in [9.17, 15) is 20.1 Å². The van der Waals surface area contributed by atoms with Crippen LogP contribution in [-0.2, 0) is 4.79 Å². The van der Waals surface area contributed by atoms with Crippen molar-refractivity contribution in [2.24, 2.45) is 0 Å². The van der Waals surface area contributed by atoms with Crippen LogP contribution in [0, 0.1) is 0 Å². The highest BCUT2D eigenvalue weighted by Crippen LogP contribution is 2.15. The molecule has 4 N–H and O–H groups in total. The quantitative estimate of drug-likeness (QED) is 0.0374. The second-order valence-electron chi connectivity index (χ2n) is 15.6. The molecule has 5 heteroatoms. The maximum Gasteiger partial charge on any atom is 0.220 e. The molecule has 0 radical (unpaired) electrons. The van der Waals surface area contributed by atoms with Gasteiger partial charge in [-0.05, 0) is 64.2 Å². The van der Waals surface area contributed by atoms with E-state index >= 15 is 0 Å². The Morgan fingerprint density at radius 1 is 0.471 bits per heavy atom. The summed E-state index contributed by atoms with van der Waals surface area (Å²) in [7, 11) is 0. The van der Waals surface area contributed by atoms with Crippen LogP contribution in [0.15, 0.2) is 24.3 Å². The first-order valence-electron chi connectivity index (χ1n) is 22.6. The SMILES string of the molecule is CCCCCCC/C=C/CCCC(O)C(O)C(CO)NC(=O)CCCCCCCCCCCCC/C=C\CCCCCCCCCCCCCC. The molecular formula is C46H89NO4. The van der Waals surface area contributed by atoms with E-state index in [1.54, 1.807) is 0 Å². The Kier molecular flexibility index (Phi) is 40.6. The number of carbonyl (C=O) groups is 1. The first kappa shape index (κ1) is 49.8. The number of rotatable bonds is 41. The summed E-state index contributed by atoms with van der Waals surface area (Å²) in [5.74, 6) is -0.155. The number of carbonyl (C=O) groups excluding carboxylic acids is 1. The Bertz CT molecular complexity index is 754. The van der Waals surface area contributed by atoms with Crippen LogP contribution in [0.5, 0.6) is 0 Å². The smallest absolute Gasteiger partial charge is 0.220 e. The van der Waals surface area contributed by atoms with Gasteiger partial charge in [-0.25, -0.2) is 0 Å². The molecular weight excluding hydrogens is 631 g/mol. The maximum absolute atomic E-state index is 12.4.